The predicted octanol–water partition coefficient (Wildman–Crippen LogP) is 2.76. The number of alkyl halides is 1. The Morgan fingerprint density at radius 3 is 2.55 bits per heavy atom. The number of rotatable bonds is 6. The van der Waals surface area contributed by atoms with Crippen LogP contribution in [0, 0.1) is 12.3 Å². The summed E-state index contributed by atoms with van der Waals surface area (Å²) in [5, 5.41) is 9.16. The Hall–Kier alpha value is -1.18. The summed E-state index contributed by atoms with van der Waals surface area (Å²) in [6.07, 6.45) is 2.16. The van der Waals surface area contributed by atoms with E-state index in [1.54, 1.807) is 0 Å². The van der Waals surface area contributed by atoms with Gasteiger partial charge in [-0.1, -0.05) is 18.0 Å². The molecule has 0 atom stereocenters. The minimum absolute atomic E-state index is 0.000264. The highest BCUT2D eigenvalue weighted by molar-refractivity contribution is 7.89. The first-order valence-corrected chi connectivity index (χ1v) is 8.66. The Bertz CT molecular complexity index is 696. The van der Waals surface area contributed by atoms with Gasteiger partial charge in [-0.2, -0.15) is 0 Å². The van der Waals surface area contributed by atoms with Gasteiger partial charge in [0.2, 0.25) is 10.0 Å². The average molecular weight is 350 g/mol. The molecule has 0 aromatic heterocycles. The average Bonchev–Trinajstić information content (AvgIpc) is 2.40. The Morgan fingerprint density at radius 1 is 1.45 bits per heavy atom. The van der Waals surface area contributed by atoms with Gasteiger partial charge in [-0.15, -0.1) is 0 Å². The third kappa shape index (κ3) is 3.26. The molecule has 0 amide bonds. The number of hydrogen-bond donors (Lipinski definition) is 2. The van der Waals surface area contributed by atoms with Gasteiger partial charge in [0.1, 0.15) is 0 Å². The summed E-state index contributed by atoms with van der Waals surface area (Å²) in [5.74, 6) is -1.25. The van der Waals surface area contributed by atoms with Gasteiger partial charge in [0.25, 0.3) is 0 Å². The highest BCUT2D eigenvalue weighted by atomic mass is 35.5. The van der Waals surface area contributed by atoms with Crippen molar-refractivity contribution in [1.29, 1.82) is 0 Å². The normalized spacial score (nSPS) is 17.0. The van der Waals surface area contributed by atoms with Crippen LogP contribution in [0.2, 0.25) is 5.02 Å². The summed E-state index contributed by atoms with van der Waals surface area (Å²) in [7, 11) is -3.94. The molecule has 0 unspecified atom stereocenters. The maximum Gasteiger partial charge on any atom is 0.336 e. The Kier molecular flexibility index (Phi) is 4.79. The highest BCUT2D eigenvalue weighted by Gasteiger charge is 2.38. The van der Waals surface area contributed by atoms with E-state index in [0.717, 1.165) is 12.5 Å². The van der Waals surface area contributed by atoms with Crippen molar-refractivity contribution in [1.82, 2.24) is 4.72 Å². The van der Waals surface area contributed by atoms with Gasteiger partial charge < -0.3 is 5.11 Å². The van der Waals surface area contributed by atoms with Crippen LogP contribution in [0.25, 0.3) is 0 Å². The van der Waals surface area contributed by atoms with E-state index in [9.17, 15) is 17.6 Å². The molecular formula is C14H17ClFNO4S. The van der Waals surface area contributed by atoms with E-state index < -0.39 is 28.1 Å². The fourth-order valence-electron chi connectivity index (χ4n) is 2.40. The number of halogens is 2. The molecule has 1 saturated carbocycles. The molecule has 1 aliphatic carbocycles. The Morgan fingerprint density at radius 2 is 2.09 bits per heavy atom. The lowest BCUT2D eigenvalue weighted by Crippen LogP contribution is -2.43. The highest BCUT2D eigenvalue weighted by Crippen LogP contribution is 2.40. The lowest BCUT2D eigenvalue weighted by molar-refractivity contribution is 0.0696. The van der Waals surface area contributed by atoms with E-state index in [2.05, 4.69) is 4.72 Å². The van der Waals surface area contributed by atoms with Gasteiger partial charge >= 0.3 is 5.97 Å². The van der Waals surface area contributed by atoms with Crippen molar-refractivity contribution in [3.8, 4) is 0 Å². The first kappa shape index (κ1) is 17.2. The second-order valence-corrected chi connectivity index (χ2v) is 7.87. The number of hydrogen-bond acceptors (Lipinski definition) is 3. The van der Waals surface area contributed by atoms with Gasteiger partial charge in [0.05, 0.1) is 17.1 Å². The fraction of sp³-hybridized carbons (Fsp3) is 0.500. The Balaban J connectivity index is 2.28. The number of carboxylic acid groups (broad SMARTS) is 1. The molecule has 1 aromatic carbocycles. The second kappa shape index (κ2) is 6.14. The van der Waals surface area contributed by atoms with Crippen molar-refractivity contribution < 1.29 is 22.7 Å². The maximum absolute atomic E-state index is 13.0. The van der Waals surface area contributed by atoms with E-state index in [-0.39, 0.29) is 22.0 Å². The van der Waals surface area contributed by atoms with Crippen LogP contribution in [0.3, 0.4) is 0 Å². The quantitative estimate of drug-likeness (QED) is 0.827. The summed E-state index contributed by atoms with van der Waals surface area (Å²) in [4.78, 5) is 10.9. The SMILES string of the molecule is Cc1c(Cl)cc(S(=O)(=O)NCC2(CF)CCC2)cc1C(=O)O. The van der Waals surface area contributed by atoms with Gasteiger partial charge in [-0.25, -0.2) is 17.9 Å². The van der Waals surface area contributed by atoms with Crippen LogP contribution >= 0.6 is 11.6 Å². The fourth-order valence-corrected chi connectivity index (χ4v) is 3.89. The lowest BCUT2D eigenvalue weighted by Gasteiger charge is -2.39. The summed E-state index contributed by atoms with van der Waals surface area (Å²) in [6.45, 7) is 0.923. The molecule has 2 rings (SSSR count). The minimum Gasteiger partial charge on any atom is -0.478 e. The molecule has 0 heterocycles. The molecule has 0 spiro atoms. The molecule has 2 N–H and O–H groups in total. The number of aromatic carboxylic acids is 1. The molecule has 0 bridgehead atoms. The van der Waals surface area contributed by atoms with Crippen molar-refractivity contribution in [2.45, 2.75) is 31.1 Å². The number of nitrogens with one attached hydrogen (secondary N) is 1. The van der Waals surface area contributed by atoms with E-state index in [4.69, 9.17) is 16.7 Å². The first-order valence-electron chi connectivity index (χ1n) is 6.80. The number of benzene rings is 1. The van der Waals surface area contributed by atoms with E-state index in [0.29, 0.717) is 18.4 Å². The standard InChI is InChI=1S/C14H17ClFNO4S/c1-9-11(13(18)19)5-10(6-12(9)15)22(20,21)17-8-14(7-16)3-2-4-14/h5-6,17H,2-4,7-8H2,1H3,(H,18,19). The number of carbonyl (C=O) groups is 1. The van der Waals surface area contributed by atoms with Gasteiger partial charge in [-0.05, 0) is 37.5 Å². The third-order valence-electron chi connectivity index (χ3n) is 4.19. The molecule has 1 aliphatic rings. The molecule has 0 radical (unpaired) electrons. The van der Waals surface area contributed by atoms with Crippen LogP contribution in [-0.4, -0.2) is 32.7 Å². The molecule has 5 nitrogen and oxygen atoms in total. The van der Waals surface area contributed by atoms with Crippen molar-refractivity contribution in [3.63, 3.8) is 0 Å². The van der Waals surface area contributed by atoms with Crippen molar-refractivity contribution >= 4 is 27.6 Å². The summed E-state index contributed by atoms with van der Waals surface area (Å²) >= 11 is 5.91. The molecule has 22 heavy (non-hydrogen) atoms. The zero-order valence-electron chi connectivity index (χ0n) is 12.0. The topological polar surface area (TPSA) is 83.5 Å². The molecule has 122 valence electrons. The van der Waals surface area contributed by atoms with E-state index in [1.807, 2.05) is 0 Å². The molecule has 0 saturated heterocycles. The molecule has 0 aliphatic heterocycles. The zero-order chi connectivity index (χ0) is 16.5. The summed E-state index contributed by atoms with van der Waals surface area (Å²) < 4.78 is 40.0. The van der Waals surface area contributed by atoms with Crippen molar-refractivity contribution in [3.05, 3.63) is 28.3 Å². The van der Waals surface area contributed by atoms with Gasteiger partial charge in [0, 0.05) is 17.0 Å². The molecule has 8 heteroatoms. The molecule has 1 aromatic rings. The van der Waals surface area contributed by atoms with Crippen molar-refractivity contribution in [2.75, 3.05) is 13.2 Å². The second-order valence-electron chi connectivity index (χ2n) is 5.69. The maximum atomic E-state index is 13.0. The van der Waals surface area contributed by atoms with E-state index in [1.165, 1.54) is 13.0 Å². The number of carboxylic acids is 1. The summed E-state index contributed by atoms with van der Waals surface area (Å²) in [6, 6.07) is 2.27. The van der Waals surface area contributed by atoms with Crippen LogP contribution in [0.15, 0.2) is 17.0 Å². The van der Waals surface area contributed by atoms with Crippen LogP contribution in [0.1, 0.15) is 35.2 Å². The first-order chi connectivity index (χ1) is 10.2. The largest absolute Gasteiger partial charge is 0.478 e. The van der Waals surface area contributed by atoms with Crippen LogP contribution in [-0.2, 0) is 10.0 Å². The smallest absolute Gasteiger partial charge is 0.336 e. The molecular weight excluding hydrogens is 333 g/mol. The zero-order valence-corrected chi connectivity index (χ0v) is 13.6. The van der Waals surface area contributed by atoms with Crippen LogP contribution < -0.4 is 4.72 Å². The monoisotopic (exact) mass is 349 g/mol. The van der Waals surface area contributed by atoms with Crippen LogP contribution in [0.4, 0.5) is 4.39 Å². The van der Waals surface area contributed by atoms with Gasteiger partial charge in [0.15, 0.2) is 0 Å². The summed E-state index contributed by atoms with van der Waals surface area (Å²) in [5.41, 5.74) is -0.499. The minimum atomic E-state index is -3.94. The number of sulfonamides is 1. The van der Waals surface area contributed by atoms with Crippen molar-refractivity contribution in [2.24, 2.45) is 5.41 Å². The third-order valence-corrected chi connectivity index (χ3v) is 5.97. The molecule has 1 fully saturated rings. The van der Waals surface area contributed by atoms with Crippen LogP contribution in [0.5, 0.6) is 0 Å². The Labute approximate surface area is 133 Å². The van der Waals surface area contributed by atoms with Gasteiger partial charge in [-0.3, -0.25) is 4.39 Å². The predicted molar refractivity (Wildman–Crippen MR) is 80.6 cm³/mol. The lowest BCUT2D eigenvalue weighted by atomic mass is 9.70. The van der Waals surface area contributed by atoms with E-state index >= 15 is 0 Å².